The summed E-state index contributed by atoms with van der Waals surface area (Å²) in [6, 6.07) is 0.631. The van der Waals surface area contributed by atoms with Gasteiger partial charge in [-0.15, -0.1) is 0 Å². The predicted octanol–water partition coefficient (Wildman–Crippen LogP) is 0.646. The van der Waals surface area contributed by atoms with E-state index in [9.17, 15) is 4.79 Å². The maximum atomic E-state index is 12.1. The summed E-state index contributed by atoms with van der Waals surface area (Å²) in [6.07, 6.45) is 4.80. The summed E-state index contributed by atoms with van der Waals surface area (Å²) in [5.41, 5.74) is 5.24. The second-order valence-electron chi connectivity index (χ2n) is 6.76. The zero-order chi connectivity index (χ0) is 15.5. The summed E-state index contributed by atoms with van der Waals surface area (Å²) in [4.78, 5) is 17.0. The average molecular weight is 296 g/mol. The number of amides is 1. The van der Waals surface area contributed by atoms with Crippen molar-refractivity contribution in [3.05, 3.63) is 0 Å². The van der Waals surface area contributed by atoms with Gasteiger partial charge in [-0.3, -0.25) is 9.69 Å². The van der Waals surface area contributed by atoms with Crippen molar-refractivity contribution in [3.63, 3.8) is 0 Å². The number of nitrogens with two attached hydrogens (primary N) is 1. The van der Waals surface area contributed by atoms with Crippen LogP contribution in [-0.2, 0) is 4.79 Å². The number of primary amides is 1. The van der Waals surface area contributed by atoms with Crippen LogP contribution in [0.25, 0.3) is 0 Å². The van der Waals surface area contributed by atoms with Crippen LogP contribution in [0, 0.1) is 5.92 Å². The van der Waals surface area contributed by atoms with E-state index in [1.54, 1.807) is 0 Å². The molecule has 5 nitrogen and oxygen atoms in total. The van der Waals surface area contributed by atoms with Gasteiger partial charge in [0.1, 0.15) is 5.54 Å². The molecule has 2 atom stereocenters. The molecule has 2 fully saturated rings. The average Bonchev–Trinajstić information content (AvgIpc) is 3.19. The first kappa shape index (κ1) is 16.7. The lowest BCUT2D eigenvalue weighted by Crippen LogP contribution is -2.63. The normalized spacial score (nSPS) is 26.2. The highest BCUT2D eigenvalue weighted by Gasteiger charge is 2.50. The van der Waals surface area contributed by atoms with Gasteiger partial charge in [0.2, 0.25) is 5.91 Å². The minimum atomic E-state index is -0.529. The van der Waals surface area contributed by atoms with Gasteiger partial charge in [0, 0.05) is 19.1 Å². The lowest BCUT2D eigenvalue weighted by Gasteiger charge is -2.37. The Morgan fingerprint density at radius 3 is 2.62 bits per heavy atom. The molecule has 0 spiro atoms. The molecule has 1 amide bonds. The molecule has 3 N–H and O–H groups in total. The number of nitrogens with zero attached hydrogens (tertiary/aromatic N) is 2. The van der Waals surface area contributed by atoms with Gasteiger partial charge in [0.15, 0.2) is 0 Å². The minimum absolute atomic E-state index is 0.183. The zero-order valence-electron chi connectivity index (χ0n) is 13.9. The van der Waals surface area contributed by atoms with Crippen molar-refractivity contribution in [2.75, 3.05) is 39.8 Å². The Labute approximate surface area is 129 Å². The number of nitrogens with one attached hydrogen (secondary N) is 1. The van der Waals surface area contributed by atoms with Crippen LogP contribution >= 0.6 is 0 Å². The van der Waals surface area contributed by atoms with E-state index < -0.39 is 5.54 Å². The van der Waals surface area contributed by atoms with E-state index in [1.807, 2.05) is 0 Å². The third-order valence-corrected chi connectivity index (χ3v) is 5.15. The molecule has 0 radical (unpaired) electrons. The first-order valence-corrected chi connectivity index (χ1v) is 8.51. The Hall–Kier alpha value is -0.650. The Kier molecular flexibility index (Phi) is 5.63. The molecule has 0 aromatic rings. The maximum absolute atomic E-state index is 12.1. The van der Waals surface area contributed by atoms with E-state index in [0.717, 1.165) is 39.0 Å². The quantitative estimate of drug-likeness (QED) is 0.656. The summed E-state index contributed by atoms with van der Waals surface area (Å²) in [7, 11) is 2.13. The van der Waals surface area contributed by atoms with Gasteiger partial charge >= 0.3 is 0 Å². The van der Waals surface area contributed by atoms with Crippen molar-refractivity contribution >= 4 is 5.91 Å². The SMILES string of the molecule is CCNC(CN(C)CC1CCCN1CC)(C(N)=O)C1CC1. The topological polar surface area (TPSA) is 61.6 Å². The summed E-state index contributed by atoms with van der Waals surface area (Å²) >= 11 is 0. The van der Waals surface area contributed by atoms with E-state index in [4.69, 9.17) is 5.73 Å². The molecular weight excluding hydrogens is 264 g/mol. The molecule has 0 bridgehead atoms. The largest absolute Gasteiger partial charge is 0.368 e. The molecule has 1 heterocycles. The molecule has 0 aromatic heterocycles. The Balaban J connectivity index is 1.97. The van der Waals surface area contributed by atoms with Gasteiger partial charge in [-0.25, -0.2) is 0 Å². The van der Waals surface area contributed by atoms with Crippen molar-refractivity contribution in [3.8, 4) is 0 Å². The van der Waals surface area contributed by atoms with E-state index in [2.05, 4.69) is 36.0 Å². The highest BCUT2D eigenvalue weighted by Crippen LogP contribution is 2.40. The molecular formula is C16H32N4O. The number of hydrogen-bond donors (Lipinski definition) is 2. The fraction of sp³-hybridized carbons (Fsp3) is 0.938. The number of likely N-dealkylation sites (N-methyl/N-ethyl adjacent to an activating group) is 3. The van der Waals surface area contributed by atoms with Crippen LogP contribution in [0.1, 0.15) is 39.5 Å². The molecule has 122 valence electrons. The lowest BCUT2D eigenvalue weighted by molar-refractivity contribution is -0.126. The molecule has 2 rings (SSSR count). The van der Waals surface area contributed by atoms with E-state index >= 15 is 0 Å². The second kappa shape index (κ2) is 7.07. The predicted molar refractivity (Wildman–Crippen MR) is 86.1 cm³/mol. The maximum Gasteiger partial charge on any atom is 0.239 e. The number of hydrogen-bond acceptors (Lipinski definition) is 4. The minimum Gasteiger partial charge on any atom is -0.368 e. The molecule has 1 saturated heterocycles. The summed E-state index contributed by atoms with van der Waals surface area (Å²) < 4.78 is 0. The first-order valence-electron chi connectivity index (χ1n) is 8.51. The molecule has 1 saturated carbocycles. The van der Waals surface area contributed by atoms with Crippen LogP contribution in [0.3, 0.4) is 0 Å². The van der Waals surface area contributed by atoms with Crippen LogP contribution in [0.4, 0.5) is 0 Å². The fourth-order valence-corrected chi connectivity index (χ4v) is 3.96. The smallest absolute Gasteiger partial charge is 0.239 e. The fourth-order valence-electron chi connectivity index (χ4n) is 3.96. The molecule has 21 heavy (non-hydrogen) atoms. The van der Waals surface area contributed by atoms with Crippen LogP contribution in [0.2, 0.25) is 0 Å². The molecule has 2 aliphatic rings. The number of carbonyl (C=O) groups is 1. The third-order valence-electron chi connectivity index (χ3n) is 5.15. The highest BCUT2D eigenvalue weighted by molar-refractivity contribution is 5.86. The molecule has 2 unspecified atom stereocenters. The van der Waals surface area contributed by atoms with Crippen molar-refractivity contribution in [1.82, 2.24) is 15.1 Å². The van der Waals surface area contributed by atoms with E-state index in [-0.39, 0.29) is 5.91 Å². The standard InChI is InChI=1S/C16H32N4O/c1-4-18-16(15(17)21,13-8-9-13)12-19(3)11-14-7-6-10-20(14)5-2/h13-14,18H,4-12H2,1-3H3,(H2,17,21). The van der Waals surface area contributed by atoms with Crippen molar-refractivity contribution in [2.45, 2.75) is 51.1 Å². The first-order chi connectivity index (χ1) is 10.0. The Morgan fingerprint density at radius 2 is 2.10 bits per heavy atom. The summed E-state index contributed by atoms with van der Waals surface area (Å²) in [6.45, 7) is 9.17. The van der Waals surface area contributed by atoms with Crippen molar-refractivity contribution in [2.24, 2.45) is 11.7 Å². The van der Waals surface area contributed by atoms with Crippen molar-refractivity contribution in [1.29, 1.82) is 0 Å². The lowest BCUT2D eigenvalue weighted by atomic mass is 9.91. The number of carbonyl (C=O) groups excluding carboxylic acids is 1. The number of rotatable bonds is 9. The van der Waals surface area contributed by atoms with Crippen LogP contribution in [-0.4, -0.2) is 67.1 Å². The van der Waals surface area contributed by atoms with Crippen LogP contribution in [0.15, 0.2) is 0 Å². The third kappa shape index (κ3) is 3.76. The van der Waals surface area contributed by atoms with E-state index in [1.165, 1.54) is 19.4 Å². The van der Waals surface area contributed by atoms with Gasteiger partial charge in [0.05, 0.1) is 0 Å². The molecule has 5 heteroatoms. The number of likely N-dealkylation sites (tertiary alicyclic amines) is 1. The zero-order valence-corrected chi connectivity index (χ0v) is 13.9. The van der Waals surface area contributed by atoms with Gasteiger partial charge in [-0.1, -0.05) is 13.8 Å². The highest BCUT2D eigenvalue weighted by atomic mass is 16.1. The van der Waals surface area contributed by atoms with E-state index in [0.29, 0.717) is 12.0 Å². The van der Waals surface area contributed by atoms with Crippen molar-refractivity contribution < 1.29 is 4.79 Å². The molecule has 1 aliphatic heterocycles. The molecule has 1 aliphatic carbocycles. The Bertz CT molecular complexity index is 358. The van der Waals surface area contributed by atoms with Gasteiger partial charge < -0.3 is 16.0 Å². The van der Waals surface area contributed by atoms with Gasteiger partial charge in [0.25, 0.3) is 0 Å². The monoisotopic (exact) mass is 296 g/mol. The van der Waals surface area contributed by atoms with Crippen LogP contribution < -0.4 is 11.1 Å². The Morgan fingerprint density at radius 1 is 1.38 bits per heavy atom. The second-order valence-corrected chi connectivity index (χ2v) is 6.76. The van der Waals surface area contributed by atoms with Gasteiger partial charge in [-0.2, -0.15) is 0 Å². The van der Waals surface area contributed by atoms with Gasteiger partial charge in [-0.05, 0) is 58.3 Å². The summed E-state index contributed by atoms with van der Waals surface area (Å²) in [5.74, 6) is 0.237. The summed E-state index contributed by atoms with van der Waals surface area (Å²) in [5, 5.41) is 3.41. The van der Waals surface area contributed by atoms with Crippen LogP contribution in [0.5, 0.6) is 0 Å². The molecule has 0 aromatic carbocycles.